The van der Waals surface area contributed by atoms with Gasteiger partial charge in [-0.1, -0.05) is 20.8 Å². The molecule has 0 unspecified atom stereocenters. The summed E-state index contributed by atoms with van der Waals surface area (Å²) in [7, 11) is 0. The summed E-state index contributed by atoms with van der Waals surface area (Å²) < 4.78 is 10.7. The van der Waals surface area contributed by atoms with E-state index < -0.39 is 0 Å². The molecule has 0 aromatic carbocycles. The van der Waals surface area contributed by atoms with Crippen molar-refractivity contribution in [2.45, 2.75) is 83.6 Å². The van der Waals surface area contributed by atoms with Gasteiger partial charge >= 0.3 is 6.09 Å². The standard InChI is InChI=1S/C23H35N3O4/c1-5-29-21(28)24-17-10-15(11-17)20(27)26-8-6-23(7-9-26)12-16(13-23)19-25-18(14-30-19)22(2,3)4/h14-17H,5-13H2,1-4H3,(H,24,28). The topological polar surface area (TPSA) is 84.7 Å². The Kier molecular flexibility index (Phi) is 5.58. The lowest BCUT2D eigenvalue weighted by molar-refractivity contribution is -0.142. The summed E-state index contributed by atoms with van der Waals surface area (Å²) in [6, 6.07) is 0.0697. The smallest absolute Gasteiger partial charge is 0.407 e. The van der Waals surface area contributed by atoms with Crippen molar-refractivity contribution in [1.82, 2.24) is 15.2 Å². The summed E-state index contributed by atoms with van der Waals surface area (Å²) in [5, 5.41) is 2.82. The molecular weight excluding hydrogens is 382 g/mol. The minimum absolute atomic E-state index is 0.0151. The molecule has 7 nitrogen and oxygen atoms in total. The summed E-state index contributed by atoms with van der Waals surface area (Å²) in [6.45, 7) is 10.3. The average molecular weight is 418 g/mol. The number of likely N-dealkylation sites (tertiary alicyclic amines) is 1. The van der Waals surface area contributed by atoms with Gasteiger partial charge < -0.3 is 19.4 Å². The van der Waals surface area contributed by atoms with Crippen molar-refractivity contribution in [3.05, 3.63) is 17.8 Å². The van der Waals surface area contributed by atoms with Crippen LogP contribution >= 0.6 is 0 Å². The first-order valence-corrected chi connectivity index (χ1v) is 11.4. The number of amides is 2. The predicted octanol–water partition coefficient (Wildman–Crippen LogP) is 3.98. The first-order valence-electron chi connectivity index (χ1n) is 11.4. The second-order valence-corrected chi connectivity index (χ2v) is 10.5. The number of ether oxygens (including phenoxy) is 1. The number of hydrogen-bond acceptors (Lipinski definition) is 5. The van der Waals surface area contributed by atoms with Crippen LogP contribution in [0.4, 0.5) is 4.79 Å². The van der Waals surface area contributed by atoms with E-state index in [9.17, 15) is 9.59 Å². The molecule has 1 saturated heterocycles. The number of carbonyl (C=O) groups excluding carboxylic acids is 2. The van der Waals surface area contributed by atoms with Gasteiger partial charge in [0.1, 0.15) is 6.26 Å². The number of aromatic nitrogens is 1. The van der Waals surface area contributed by atoms with Crippen molar-refractivity contribution in [3.63, 3.8) is 0 Å². The quantitative estimate of drug-likeness (QED) is 0.801. The summed E-state index contributed by atoms with van der Waals surface area (Å²) in [5.74, 6) is 1.61. The van der Waals surface area contributed by atoms with Crippen molar-refractivity contribution >= 4 is 12.0 Å². The van der Waals surface area contributed by atoms with E-state index in [1.54, 1.807) is 6.92 Å². The van der Waals surface area contributed by atoms with Crippen molar-refractivity contribution in [3.8, 4) is 0 Å². The van der Waals surface area contributed by atoms with E-state index >= 15 is 0 Å². The summed E-state index contributed by atoms with van der Waals surface area (Å²) in [6.07, 6.45) is 7.25. The summed E-state index contributed by atoms with van der Waals surface area (Å²) in [4.78, 5) is 31.0. The van der Waals surface area contributed by atoms with E-state index in [0.717, 1.165) is 63.2 Å². The number of hydrogen-bond donors (Lipinski definition) is 1. The van der Waals surface area contributed by atoms with Crippen molar-refractivity contribution in [2.75, 3.05) is 19.7 Å². The minimum Gasteiger partial charge on any atom is -0.450 e. The van der Waals surface area contributed by atoms with Crippen LogP contribution < -0.4 is 5.32 Å². The van der Waals surface area contributed by atoms with Gasteiger partial charge in [0.05, 0.1) is 12.3 Å². The molecule has 7 heteroatoms. The molecule has 2 heterocycles. The van der Waals surface area contributed by atoms with Gasteiger partial charge in [0.15, 0.2) is 5.89 Å². The maximum Gasteiger partial charge on any atom is 0.407 e. The molecule has 3 fully saturated rings. The first-order chi connectivity index (χ1) is 14.2. The Morgan fingerprint density at radius 1 is 1.27 bits per heavy atom. The molecular formula is C23H35N3O4. The Morgan fingerprint density at radius 2 is 1.93 bits per heavy atom. The highest BCUT2D eigenvalue weighted by Gasteiger charge is 2.49. The van der Waals surface area contributed by atoms with Crippen LogP contribution in [0.1, 0.15) is 83.7 Å². The monoisotopic (exact) mass is 417 g/mol. The fraction of sp³-hybridized carbons (Fsp3) is 0.783. The van der Waals surface area contributed by atoms with Crippen LogP contribution in [0.25, 0.3) is 0 Å². The fourth-order valence-corrected chi connectivity index (χ4v) is 5.12. The molecule has 2 amide bonds. The highest BCUT2D eigenvalue weighted by Crippen LogP contribution is 2.56. The van der Waals surface area contributed by atoms with Gasteiger partial charge in [-0.2, -0.15) is 0 Å². The lowest BCUT2D eigenvalue weighted by Gasteiger charge is -2.52. The maximum absolute atomic E-state index is 12.8. The van der Waals surface area contributed by atoms with Gasteiger partial charge in [0.25, 0.3) is 0 Å². The molecule has 1 spiro atoms. The van der Waals surface area contributed by atoms with Gasteiger partial charge in [-0.3, -0.25) is 4.79 Å². The largest absolute Gasteiger partial charge is 0.450 e. The normalized spacial score (nSPS) is 26.1. The van der Waals surface area contributed by atoms with Crippen LogP contribution in [0.15, 0.2) is 10.7 Å². The molecule has 2 aliphatic carbocycles. The lowest BCUT2D eigenvalue weighted by Crippen LogP contribution is -2.54. The Labute approximate surface area is 178 Å². The third-order valence-electron chi connectivity index (χ3n) is 7.22. The van der Waals surface area contributed by atoms with Crippen LogP contribution in [-0.2, 0) is 14.9 Å². The molecule has 2 saturated carbocycles. The number of piperidine rings is 1. The van der Waals surface area contributed by atoms with Gasteiger partial charge in [0.2, 0.25) is 5.91 Å². The van der Waals surface area contributed by atoms with Crippen LogP contribution in [0.2, 0.25) is 0 Å². The maximum atomic E-state index is 12.8. The molecule has 4 rings (SSSR count). The van der Waals surface area contributed by atoms with E-state index in [0.29, 0.717) is 17.9 Å². The third-order valence-corrected chi connectivity index (χ3v) is 7.22. The number of oxazole rings is 1. The average Bonchev–Trinajstić information content (AvgIpc) is 3.12. The van der Waals surface area contributed by atoms with Crippen molar-refractivity contribution < 1.29 is 18.7 Å². The summed E-state index contributed by atoms with van der Waals surface area (Å²) >= 11 is 0. The van der Waals surface area contributed by atoms with E-state index in [4.69, 9.17) is 14.1 Å². The molecule has 30 heavy (non-hydrogen) atoms. The van der Waals surface area contributed by atoms with Gasteiger partial charge in [-0.05, 0) is 50.9 Å². The number of carbonyl (C=O) groups is 2. The van der Waals surface area contributed by atoms with E-state index in [1.807, 2.05) is 11.2 Å². The SMILES string of the molecule is CCOC(=O)NC1CC(C(=O)N2CCC3(CC2)CC(c2nc(C(C)(C)C)co2)C3)C1. The van der Waals surface area contributed by atoms with Crippen LogP contribution in [-0.4, -0.2) is 47.6 Å². The van der Waals surface area contributed by atoms with Crippen LogP contribution in [0, 0.1) is 11.3 Å². The third kappa shape index (κ3) is 4.21. The summed E-state index contributed by atoms with van der Waals surface area (Å²) in [5.41, 5.74) is 1.39. The second kappa shape index (κ2) is 7.89. The zero-order chi connectivity index (χ0) is 21.5. The lowest BCUT2D eigenvalue weighted by atomic mass is 9.57. The van der Waals surface area contributed by atoms with Crippen molar-refractivity contribution in [2.24, 2.45) is 11.3 Å². The second-order valence-electron chi connectivity index (χ2n) is 10.5. The minimum atomic E-state index is -0.381. The molecule has 1 N–H and O–H groups in total. The Hall–Kier alpha value is -2.05. The van der Waals surface area contributed by atoms with Gasteiger partial charge in [-0.15, -0.1) is 0 Å². The van der Waals surface area contributed by atoms with E-state index in [2.05, 4.69) is 26.1 Å². The Bertz CT molecular complexity index is 775. The molecule has 1 aromatic heterocycles. The number of alkyl carbamates (subject to hydrolysis) is 1. The van der Waals surface area contributed by atoms with Gasteiger partial charge in [-0.25, -0.2) is 9.78 Å². The molecule has 1 aliphatic heterocycles. The highest BCUT2D eigenvalue weighted by molar-refractivity contribution is 5.80. The first kappa shape index (κ1) is 21.2. The Balaban J connectivity index is 1.20. The highest BCUT2D eigenvalue weighted by atomic mass is 16.5. The zero-order valence-electron chi connectivity index (χ0n) is 18.7. The molecule has 0 atom stereocenters. The number of rotatable bonds is 4. The number of nitrogens with zero attached hydrogens (tertiary/aromatic N) is 2. The zero-order valence-corrected chi connectivity index (χ0v) is 18.7. The predicted molar refractivity (Wildman–Crippen MR) is 112 cm³/mol. The fourth-order valence-electron chi connectivity index (χ4n) is 5.12. The molecule has 3 aliphatic rings. The molecule has 0 bridgehead atoms. The molecule has 0 radical (unpaired) electrons. The van der Waals surface area contributed by atoms with E-state index in [1.165, 1.54) is 0 Å². The Morgan fingerprint density at radius 3 is 2.50 bits per heavy atom. The van der Waals surface area contributed by atoms with Crippen LogP contribution in [0.5, 0.6) is 0 Å². The van der Waals surface area contributed by atoms with Crippen LogP contribution in [0.3, 0.4) is 0 Å². The molecule has 166 valence electrons. The molecule has 1 aromatic rings. The van der Waals surface area contributed by atoms with Crippen molar-refractivity contribution in [1.29, 1.82) is 0 Å². The van der Waals surface area contributed by atoms with Gasteiger partial charge in [0, 0.05) is 36.4 Å². The number of nitrogens with one attached hydrogen (secondary N) is 1. The van der Waals surface area contributed by atoms with E-state index in [-0.39, 0.29) is 29.4 Å².